The first kappa shape index (κ1) is 14.7. The number of aliphatic imine (C=N–C) groups is 1. The summed E-state index contributed by atoms with van der Waals surface area (Å²) in [7, 11) is 1.69. The van der Waals surface area contributed by atoms with Gasteiger partial charge in [0.1, 0.15) is 5.75 Å². The second-order valence-electron chi connectivity index (χ2n) is 4.82. The number of methoxy groups -OCH3 is 1. The van der Waals surface area contributed by atoms with Crippen LogP contribution >= 0.6 is 0 Å². The third kappa shape index (κ3) is 3.42. The fraction of sp³-hybridized carbons (Fsp3) is 0.533. The molecule has 0 radical (unpaired) electrons. The van der Waals surface area contributed by atoms with Crippen LogP contribution < -0.4 is 10.5 Å². The van der Waals surface area contributed by atoms with E-state index in [0.29, 0.717) is 19.1 Å². The van der Waals surface area contributed by atoms with E-state index in [1.807, 2.05) is 12.1 Å². The van der Waals surface area contributed by atoms with Gasteiger partial charge in [-0.2, -0.15) is 0 Å². The zero-order valence-corrected chi connectivity index (χ0v) is 12.2. The Morgan fingerprint density at radius 2 is 2.25 bits per heavy atom. The Morgan fingerprint density at radius 1 is 1.40 bits per heavy atom. The molecule has 0 saturated heterocycles. The maximum atomic E-state index is 5.95. The van der Waals surface area contributed by atoms with Crippen LogP contribution in [0, 0.1) is 0 Å². The summed E-state index contributed by atoms with van der Waals surface area (Å²) in [5, 5.41) is 0. The molecule has 0 saturated carbocycles. The summed E-state index contributed by atoms with van der Waals surface area (Å²) in [5.74, 6) is 1.49. The summed E-state index contributed by atoms with van der Waals surface area (Å²) in [4.78, 5) is 6.43. The number of nitrogens with two attached hydrogens (primary N) is 1. The first-order valence-electron chi connectivity index (χ1n) is 7.04. The minimum absolute atomic E-state index is 0.176. The van der Waals surface area contributed by atoms with Crippen molar-refractivity contribution < 1.29 is 9.47 Å². The van der Waals surface area contributed by atoms with Crippen LogP contribution in [-0.2, 0) is 4.74 Å². The molecule has 0 fully saturated rings. The Hall–Kier alpha value is -1.75. The molecule has 0 aliphatic carbocycles. The lowest BCUT2D eigenvalue weighted by Crippen LogP contribution is -2.38. The van der Waals surface area contributed by atoms with Gasteiger partial charge in [-0.05, 0) is 24.1 Å². The number of hydrogen-bond acceptors (Lipinski definition) is 5. The zero-order valence-electron chi connectivity index (χ0n) is 12.2. The van der Waals surface area contributed by atoms with Gasteiger partial charge in [0, 0.05) is 13.7 Å². The molecule has 1 unspecified atom stereocenters. The lowest BCUT2D eigenvalue weighted by molar-refractivity contribution is 0.166. The first-order chi connectivity index (χ1) is 9.76. The van der Waals surface area contributed by atoms with Crippen molar-refractivity contribution in [3.8, 4) is 5.75 Å². The van der Waals surface area contributed by atoms with E-state index in [9.17, 15) is 0 Å². The standard InChI is InChI=1S/C15H23N3O2/c1-3-8-20-13-6-4-5-12(10-13)14-11-17-15(16)18(14)7-9-19-2/h4-6,10,14H,3,7-9,11H2,1-2H3,(H2,16,17). The Balaban J connectivity index is 2.09. The van der Waals surface area contributed by atoms with Gasteiger partial charge in [-0.15, -0.1) is 0 Å². The van der Waals surface area contributed by atoms with Crippen molar-refractivity contribution in [2.75, 3.05) is 33.4 Å². The van der Waals surface area contributed by atoms with Crippen molar-refractivity contribution in [2.45, 2.75) is 19.4 Å². The summed E-state index contributed by atoms with van der Waals surface area (Å²) in [6.07, 6.45) is 1.00. The van der Waals surface area contributed by atoms with Crippen molar-refractivity contribution in [2.24, 2.45) is 10.7 Å². The largest absolute Gasteiger partial charge is 0.494 e. The lowest BCUT2D eigenvalue weighted by atomic mass is 10.1. The lowest BCUT2D eigenvalue weighted by Gasteiger charge is -2.26. The molecule has 1 aromatic rings. The maximum Gasteiger partial charge on any atom is 0.192 e. The van der Waals surface area contributed by atoms with E-state index in [2.05, 4.69) is 28.9 Å². The summed E-state index contributed by atoms with van der Waals surface area (Å²) in [6.45, 7) is 4.91. The fourth-order valence-corrected chi connectivity index (χ4v) is 2.31. The molecule has 1 aliphatic rings. The summed E-state index contributed by atoms with van der Waals surface area (Å²) < 4.78 is 10.8. The number of hydrogen-bond donors (Lipinski definition) is 1. The average molecular weight is 277 g/mol. The van der Waals surface area contributed by atoms with Crippen LogP contribution in [0.5, 0.6) is 5.75 Å². The Morgan fingerprint density at radius 3 is 3.00 bits per heavy atom. The normalized spacial score (nSPS) is 18.2. The van der Waals surface area contributed by atoms with Gasteiger partial charge in [0.15, 0.2) is 5.96 Å². The molecule has 1 aliphatic heterocycles. The van der Waals surface area contributed by atoms with Gasteiger partial charge in [0.05, 0.1) is 25.8 Å². The molecule has 2 N–H and O–H groups in total. The van der Waals surface area contributed by atoms with Crippen molar-refractivity contribution in [1.29, 1.82) is 0 Å². The highest BCUT2D eigenvalue weighted by Crippen LogP contribution is 2.27. The quantitative estimate of drug-likeness (QED) is 0.825. The summed E-state index contributed by atoms with van der Waals surface area (Å²) in [5.41, 5.74) is 7.13. The Bertz CT molecular complexity index is 462. The molecule has 20 heavy (non-hydrogen) atoms. The smallest absolute Gasteiger partial charge is 0.192 e. The zero-order chi connectivity index (χ0) is 14.4. The molecule has 0 bridgehead atoms. The number of guanidine groups is 1. The van der Waals surface area contributed by atoms with Gasteiger partial charge in [0.25, 0.3) is 0 Å². The van der Waals surface area contributed by atoms with Crippen molar-refractivity contribution >= 4 is 5.96 Å². The number of nitrogens with zero attached hydrogens (tertiary/aromatic N) is 2. The van der Waals surface area contributed by atoms with E-state index in [0.717, 1.165) is 25.3 Å². The van der Waals surface area contributed by atoms with Crippen LogP contribution in [0.3, 0.4) is 0 Å². The average Bonchev–Trinajstić information content (AvgIpc) is 2.84. The molecule has 1 aromatic carbocycles. The van der Waals surface area contributed by atoms with E-state index in [4.69, 9.17) is 15.2 Å². The van der Waals surface area contributed by atoms with Crippen LogP contribution in [0.15, 0.2) is 29.3 Å². The van der Waals surface area contributed by atoms with E-state index in [-0.39, 0.29) is 6.04 Å². The van der Waals surface area contributed by atoms with Crippen LogP contribution in [0.25, 0.3) is 0 Å². The van der Waals surface area contributed by atoms with Gasteiger partial charge in [-0.25, -0.2) is 0 Å². The Labute approximate surface area is 120 Å². The van der Waals surface area contributed by atoms with Gasteiger partial charge in [-0.3, -0.25) is 4.99 Å². The number of rotatable bonds is 7. The summed E-state index contributed by atoms with van der Waals surface area (Å²) in [6, 6.07) is 8.35. The van der Waals surface area contributed by atoms with Gasteiger partial charge in [0.2, 0.25) is 0 Å². The van der Waals surface area contributed by atoms with E-state index < -0.39 is 0 Å². The van der Waals surface area contributed by atoms with Crippen molar-refractivity contribution in [1.82, 2.24) is 4.90 Å². The van der Waals surface area contributed by atoms with Crippen molar-refractivity contribution in [3.05, 3.63) is 29.8 Å². The summed E-state index contributed by atoms with van der Waals surface area (Å²) >= 11 is 0. The molecule has 0 amide bonds. The molecule has 2 rings (SSSR count). The predicted octanol–water partition coefficient (Wildman–Crippen LogP) is 1.79. The van der Waals surface area contributed by atoms with Crippen LogP contribution in [0.1, 0.15) is 24.9 Å². The molecule has 1 atom stereocenters. The fourth-order valence-electron chi connectivity index (χ4n) is 2.31. The van der Waals surface area contributed by atoms with Gasteiger partial charge < -0.3 is 20.1 Å². The Kier molecular flexibility index (Phi) is 5.24. The molecule has 5 heteroatoms. The van der Waals surface area contributed by atoms with Crippen LogP contribution in [-0.4, -0.2) is 44.3 Å². The van der Waals surface area contributed by atoms with Gasteiger partial charge in [-0.1, -0.05) is 19.1 Å². The van der Waals surface area contributed by atoms with Crippen LogP contribution in [0.2, 0.25) is 0 Å². The topological polar surface area (TPSA) is 60.1 Å². The highest BCUT2D eigenvalue weighted by atomic mass is 16.5. The minimum atomic E-state index is 0.176. The molecule has 110 valence electrons. The second kappa shape index (κ2) is 7.14. The molecule has 1 heterocycles. The molecular formula is C15H23N3O2. The molecule has 0 spiro atoms. The number of ether oxygens (including phenoxy) is 2. The van der Waals surface area contributed by atoms with Gasteiger partial charge >= 0.3 is 0 Å². The van der Waals surface area contributed by atoms with Crippen molar-refractivity contribution in [3.63, 3.8) is 0 Å². The predicted molar refractivity (Wildman–Crippen MR) is 80.0 cm³/mol. The second-order valence-corrected chi connectivity index (χ2v) is 4.82. The SMILES string of the molecule is CCCOc1cccc(C2CN=C(N)N2CCOC)c1. The molecule has 5 nitrogen and oxygen atoms in total. The van der Waals surface area contributed by atoms with E-state index >= 15 is 0 Å². The number of benzene rings is 1. The van der Waals surface area contributed by atoms with E-state index in [1.54, 1.807) is 7.11 Å². The monoisotopic (exact) mass is 277 g/mol. The molecule has 0 aromatic heterocycles. The third-order valence-electron chi connectivity index (χ3n) is 3.35. The highest BCUT2D eigenvalue weighted by Gasteiger charge is 2.27. The molecular weight excluding hydrogens is 254 g/mol. The van der Waals surface area contributed by atoms with E-state index in [1.165, 1.54) is 5.56 Å². The minimum Gasteiger partial charge on any atom is -0.494 e. The third-order valence-corrected chi connectivity index (χ3v) is 3.35. The highest BCUT2D eigenvalue weighted by molar-refractivity contribution is 5.80. The van der Waals surface area contributed by atoms with Crippen LogP contribution in [0.4, 0.5) is 0 Å². The first-order valence-corrected chi connectivity index (χ1v) is 7.04. The maximum absolute atomic E-state index is 5.95.